The van der Waals surface area contributed by atoms with Gasteiger partial charge in [0.1, 0.15) is 4.88 Å². The number of carboxylic acid groups (broad SMARTS) is 1. The van der Waals surface area contributed by atoms with Crippen LogP contribution in [0.3, 0.4) is 0 Å². The van der Waals surface area contributed by atoms with Gasteiger partial charge in [-0.1, -0.05) is 41.2 Å². The van der Waals surface area contributed by atoms with E-state index in [1.807, 2.05) is 37.1 Å². The first-order chi connectivity index (χ1) is 9.88. The monoisotopic (exact) mass is 304 g/mol. The number of Topliss-reactive ketones (excluding diaryl/α,β-unsaturated/α-hetero) is 1. The normalized spacial score (nSPS) is 10.4. The number of carbonyl (C=O) groups is 2. The number of hydrogen-bond donors (Lipinski definition) is 1. The molecule has 0 unspecified atom stereocenters. The number of rotatable bonds is 5. The van der Waals surface area contributed by atoms with Crippen molar-refractivity contribution in [2.75, 3.05) is 11.9 Å². The molecule has 5 nitrogen and oxygen atoms in total. The third-order valence-electron chi connectivity index (χ3n) is 2.97. The Morgan fingerprint density at radius 1 is 1.38 bits per heavy atom. The number of carboxylic acids is 1. The Morgan fingerprint density at radius 3 is 2.62 bits per heavy atom. The SMILES string of the molecule is CC(=O)c1sc(N(C)Cc2cccc(C)c2)nc1C(=O)O. The van der Waals surface area contributed by atoms with Gasteiger partial charge < -0.3 is 10.0 Å². The van der Waals surface area contributed by atoms with E-state index >= 15 is 0 Å². The molecule has 2 rings (SSSR count). The number of aryl methyl sites for hydroxylation is 1. The van der Waals surface area contributed by atoms with Gasteiger partial charge in [-0.2, -0.15) is 0 Å². The molecule has 1 aromatic carbocycles. The Morgan fingerprint density at radius 2 is 2.10 bits per heavy atom. The third-order valence-corrected chi connectivity index (χ3v) is 4.24. The van der Waals surface area contributed by atoms with Crippen molar-refractivity contribution in [1.29, 1.82) is 0 Å². The van der Waals surface area contributed by atoms with Crippen LogP contribution in [0.5, 0.6) is 0 Å². The fraction of sp³-hybridized carbons (Fsp3) is 0.267. The highest BCUT2D eigenvalue weighted by molar-refractivity contribution is 7.17. The standard InChI is InChI=1S/C15H16N2O3S/c1-9-5-4-6-11(7-9)8-17(3)15-16-12(14(19)20)13(21-15)10(2)18/h4-7H,8H2,1-3H3,(H,19,20). The van der Waals surface area contributed by atoms with Crippen LogP contribution in [0.2, 0.25) is 0 Å². The van der Waals surface area contributed by atoms with E-state index in [9.17, 15) is 9.59 Å². The summed E-state index contributed by atoms with van der Waals surface area (Å²) in [5.74, 6) is -1.45. The van der Waals surface area contributed by atoms with E-state index in [0.717, 1.165) is 22.5 Å². The van der Waals surface area contributed by atoms with Gasteiger partial charge in [0.2, 0.25) is 0 Å². The first-order valence-corrected chi connectivity index (χ1v) is 7.22. The molecule has 6 heteroatoms. The van der Waals surface area contributed by atoms with E-state index in [-0.39, 0.29) is 16.4 Å². The molecule has 110 valence electrons. The molecule has 0 bridgehead atoms. The van der Waals surface area contributed by atoms with Crippen LogP contribution in [0.25, 0.3) is 0 Å². The third kappa shape index (κ3) is 3.46. The highest BCUT2D eigenvalue weighted by atomic mass is 32.1. The lowest BCUT2D eigenvalue weighted by Gasteiger charge is -2.15. The minimum absolute atomic E-state index is 0.168. The maximum Gasteiger partial charge on any atom is 0.356 e. The van der Waals surface area contributed by atoms with E-state index < -0.39 is 5.97 Å². The summed E-state index contributed by atoms with van der Waals surface area (Å²) in [4.78, 5) is 28.7. The smallest absolute Gasteiger partial charge is 0.356 e. The molecule has 0 spiro atoms. The van der Waals surface area contributed by atoms with Gasteiger partial charge in [0, 0.05) is 20.5 Å². The van der Waals surface area contributed by atoms with Crippen molar-refractivity contribution >= 4 is 28.2 Å². The minimum Gasteiger partial charge on any atom is -0.476 e. The Hall–Kier alpha value is -2.21. The first kappa shape index (κ1) is 15.2. The predicted octanol–water partition coefficient (Wildman–Crippen LogP) is 2.99. The van der Waals surface area contributed by atoms with Crippen LogP contribution in [0, 0.1) is 6.92 Å². The van der Waals surface area contributed by atoms with Gasteiger partial charge in [0.15, 0.2) is 16.6 Å². The molecule has 1 heterocycles. The molecule has 0 atom stereocenters. The van der Waals surface area contributed by atoms with Crippen LogP contribution in [-0.4, -0.2) is 28.9 Å². The lowest BCUT2D eigenvalue weighted by atomic mass is 10.1. The van der Waals surface area contributed by atoms with Gasteiger partial charge in [0.05, 0.1) is 0 Å². The topological polar surface area (TPSA) is 70.5 Å². The molecule has 0 saturated carbocycles. The zero-order valence-corrected chi connectivity index (χ0v) is 12.9. The van der Waals surface area contributed by atoms with E-state index in [1.54, 1.807) is 0 Å². The van der Waals surface area contributed by atoms with Crippen LogP contribution in [-0.2, 0) is 6.54 Å². The van der Waals surface area contributed by atoms with Crippen molar-refractivity contribution in [2.24, 2.45) is 0 Å². The number of carbonyl (C=O) groups excluding carboxylic acids is 1. The summed E-state index contributed by atoms with van der Waals surface area (Å²) >= 11 is 1.11. The number of hydrogen-bond acceptors (Lipinski definition) is 5. The quantitative estimate of drug-likeness (QED) is 0.860. The molecule has 0 aliphatic rings. The summed E-state index contributed by atoms with van der Waals surface area (Å²) in [6.07, 6.45) is 0. The number of benzene rings is 1. The number of nitrogens with zero attached hydrogens (tertiary/aromatic N) is 2. The summed E-state index contributed by atoms with van der Waals surface area (Å²) in [6.45, 7) is 3.97. The average molecular weight is 304 g/mol. The van der Waals surface area contributed by atoms with E-state index in [4.69, 9.17) is 5.11 Å². The second-order valence-electron chi connectivity index (χ2n) is 4.88. The molecule has 0 aliphatic carbocycles. The molecule has 21 heavy (non-hydrogen) atoms. The number of anilines is 1. The second kappa shape index (κ2) is 6.05. The molecule has 0 saturated heterocycles. The van der Waals surface area contributed by atoms with Crippen molar-refractivity contribution in [3.8, 4) is 0 Å². The molecular formula is C15H16N2O3S. The van der Waals surface area contributed by atoms with Crippen LogP contribution in [0.1, 0.15) is 38.2 Å². The molecule has 0 radical (unpaired) electrons. The Labute approximate surface area is 126 Å². The van der Waals surface area contributed by atoms with E-state index in [1.165, 1.54) is 6.92 Å². The summed E-state index contributed by atoms with van der Waals surface area (Å²) in [5, 5.41) is 9.64. The fourth-order valence-corrected chi connectivity index (χ4v) is 2.92. The van der Waals surface area contributed by atoms with Gasteiger partial charge in [-0.3, -0.25) is 4.79 Å². The van der Waals surface area contributed by atoms with Crippen molar-refractivity contribution in [3.05, 3.63) is 46.0 Å². The highest BCUT2D eigenvalue weighted by Gasteiger charge is 2.22. The van der Waals surface area contributed by atoms with Crippen molar-refractivity contribution < 1.29 is 14.7 Å². The van der Waals surface area contributed by atoms with Gasteiger partial charge in [-0.15, -0.1) is 0 Å². The van der Waals surface area contributed by atoms with E-state index in [2.05, 4.69) is 11.1 Å². The van der Waals surface area contributed by atoms with Gasteiger partial charge in [-0.25, -0.2) is 9.78 Å². The number of ketones is 1. The number of aromatic carboxylic acids is 1. The van der Waals surface area contributed by atoms with Crippen molar-refractivity contribution in [2.45, 2.75) is 20.4 Å². The Bertz CT molecular complexity index is 662. The molecule has 1 aromatic heterocycles. The predicted molar refractivity (Wildman–Crippen MR) is 82.4 cm³/mol. The lowest BCUT2D eigenvalue weighted by Crippen LogP contribution is -2.16. The van der Waals surface area contributed by atoms with Gasteiger partial charge in [0.25, 0.3) is 0 Å². The van der Waals surface area contributed by atoms with Crippen molar-refractivity contribution in [1.82, 2.24) is 4.98 Å². The first-order valence-electron chi connectivity index (χ1n) is 6.40. The minimum atomic E-state index is -1.17. The van der Waals surface area contributed by atoms with Crippen LogP contribution >= 0.6 is 11.3 Å². The summed E-state index contributed by atoms with van der Waals surface area (Å²) in [5.41, 5.74) is 2.10. The summed E-state index contributed by atoms with van der Waals surface area (Å²) in [7, 11) is 1.83. The lowest BCUT2D eigenvalue weighted by molar-refractivity contribution is 0.0687. The summed E-state index contributed by atoms with van der Waals surface area (Å²) in [6, 6.07) is 8.06. The Kier molecular flexibility index (Phi) is 4.37. The van der Waals surface area contributed by atoms with Crippen molar-refractivity contribution in [3.63, 3.8) is 0 Å². The summed E-state index contributed by atoms with van der Waals surface area (Å²) < 4.78 is 0. The molecular weight excluding hydrogens is 288 g/mol. The van der Waals surface area contributed by atoms with Crippen LogP contribution < -0.4 is 4.90 Å². The fourth-order valence-electron chi connectivity index (χ4n) is 2.01. The second-order valence-corrected chi connectivity index (χ2v) is 5.86. The van der Waals surface area contributed by atoms with E-state index in [0.29, 0.717) is 11.7 Å². The maximum absolute atomic E-state index is 11.5. The molecule has 0 aliphatic heterocycles. The zero-order valence-electron chi connectivity index (χ0n) is 12.1. The van der Waals surface area contributed by atoms with Gasteiger partial charge in [-0.05, 0) is 12.5 Å². The molecule has 0 fully saturated rings. The number of aromatic nitrogens is 1. The van der Waals surface area contributed by atoms with Gasteiger partial charge >= 0.3 is 5.97 Å². The molecule has 2 aromatic rings. The van der Waals surface area contributed by atoms with Crippen LogP contribution in [0.4, 0.5) is 5.13 Å². The van der Waals surface area contributed by atoms with Crippen LogP contribution in [0.15, 0.2) is 24.3 Å². The number of thiazole rings is 1. The maximum atomic E-state index is 11.5. The Balaban J connectivity index is 2.27. The highest BCUT2D eigenvalue weighted by Crippen LogP contribution is 2.27. The molecule has 1 N–H and O–H groups in total. The molecule has 0 amide bonds. The zero-order chi connectivity index (χ0) is 15.6. The average Bonchev–Trinajstić information content (AvgIpc) is 2.84. The largest absolute Gasteiger partial charge is 0.476 e.